The molecule has 0 radical (unpaired) electrons. The van der Waals surface area contributed by atoms with Crippen LogP contribution in [0.3, 0.4) is 0 Å². The molecule has 1 aromatic carbocycles. The maximum Gasteiger partial charge on any atom is 0.121 e. The van der Waals surface area contributed by atoms with Gasteiger partial charge < -0.3 is 10.6 Å². The molecule has 3 nitrogen and oxygen atoms in total. The normalized spacial score (nSPS) is 24.1. The Kier molecular flexibility index (Phi) is 3.56. The highest BCUT2D eigenvalue weighted by atomic mass is 15.2. The van der Waals surface area contributed by atoms with Gasteiger partial charge in [-0.25, -0.2) is 0 Å². The Labute approximate surface area is 116 Å². The summed E-state index contributed by atoms with van der Waals surface area (Å²) >= 11 is 0. The van der Waals surface area contributed by atoms with Crippen LogP contribution in [0.4, 0.5) is 5.69 Å². The molecule has 0 amide bonds. The number of nitrogens with two attached hydrogens (primary N) is 1. The first kappa shape index (κ1) is 13.9. The number of nitriles is 1. The quantitative estimate of drug-likeness (QED) is 0.841. The molecule has 1 heterocycles. The predicted octanol–water partition coefficient (Wildman–Crippen LogP) is 2.81. The Hall–Kier alpha value is -1.53. The van der Waals surface area contributed by atoms with E-state index in [0.717, 1.165) is 19.4 Å². The number of rotatable bonds is 1. The summed E-state index contributed by atoms with van der Waals surface area (Å²) in [5.74, 6) is 0. The largest absolute Gasteiger partial charge is 0.368 e. The molecule has 0 aliphatic carbocycles. The highest BCUT2D eigenvalue weighted by Gasteiger charge is 2.33. The van der Waals surface area contributed by atoms with E-state index >= 15 is 0 Å². The molecule has 1 saturated heterocycles. The molecule has 3 heteroatoms. The lowest BCUT2D eigenvalue weighted by Crippen LogP contribution is -2.53. The van der Waals surface area contributed by atoms with Gasteiger partial charge >= 0.3 is 0 Å². The molecule has 102 valence electrons. The van der Waals surface area contributed by atoms with E-state index < -0.39 is 5.54 Å². The number of para-hydroxylation sites is 1. The number of benzene rings is 1. The van der Waals surface area contributed by atoms with Crippen molar-refractivity contribution in [3.05, 3.63) is 29.8 Å². The number of anilines is 1. The topological polar surface area (TPSA) is 53.0 Å². The number of hydrogen-bond acceptors (Lipinski definition) is 3. The molecule has 0 bridgehead atoms. The van der Waals surface area contributed by atoms with E-state index in [1.807, 2.05) is 0 Å². The molecule has 1 fully saturated rings. The Morgan fingerprint density at radius 3 is 2.63 bits per heavy atom. The van der Waals surface area contributed by atoms with E-state index in [2.05, 4.69) is 56.0 Å². The van der Waals surface area contributed by atoms with Gasteiger partial charge in [0.1, 0.15) is 5.54 Å². The van der Waals surface area contributed by atoms with Gasteiger partial charge in [-0.15, -0.1) is 0 Å². The van der Waals surface area contributed by atoms with Crippen molar-refractivity contribution in [3.8, 4) is 6.07 Å². The molecule has 1 aromatic rings. The van der Waals surface area contributed by atoms with Crippen molar-refractivity contribution in [1.29, 1.82) is 5.26 Å². The van der Waals surface area contributed by atoms with Crippen LogP contribution in [0.1, 0.15) is 39.2 Å². The van der Waals surface area contributed by atoms with Crippen LogP contribution in [0.2, 0.25) is 0 Å². The number of piperidine rings is 1. The molecule has 2 rings (SSSR count). The number of nitrogens with zero attached hydrogens (tertiary/aromatic N) is 2. The van der Waals surface area contributed by atoms with Crippen LogP contribution in [0.15, 0.2) is 24.3 Å². The third kappa shape index (κ3) is 2.90. The van der Waals surface area contributed by atoms with Crippen LogP contribution in [-0.4, -0.2) is 18.6 Å². The minimum Gasteiger partial charge on any atom is -0.368 e. The van der Waals surface area contributed by atoms with Crippen molar-refractivity contribution >= 4 is 5.69 Å². The smallest absolute Gasteiger partial charge is 0.121 e. The zero-order chi connectivity index (χ0) is 14.1. The lowest BCUT2D eigenvalue weighted by Gasteiger charge is -2.39. The van der Waals surface area contributed by atoms with Gasteiger partial charge in [-0.3, -0.25) is 0 Å². The second-order valence-corrected chi connectivity index (χ2v) is 6.56. The summed E-state index contributed by atoms with van der Waals surface area (Å²) in [6, 6.07) is 10.7. The third-order valence-electron chi connectivity index (χ3n) is 3.80. The lowest BCUT2D eigenvalue weighted by molar-refractivity contribution is 0.422. The van der Waals surface area contributed by atoms with Gasteiger partial charge in [-0.05, 0) is 29.9 Å². The summed E-state index contributed by atoms with van der Waals surface area (Å²) in [6.45, 7) is 8.26. The van der Waals surface area contributed by atoms with Gasteiger partial charge in [-0.1, -0.05) is 39.0 Å². The van der Waals surface area contributed by atoms with E-state index in [1.54, 1.807) is 0 Å². The SMILES string of the molecule is CC(C)(C)c1ccccc1N1CCCC(N)(C#N)C1. The first-order valence-electron chi connectivity index (χ1n) is 6.90. The molecule has 0 spiro atoms. The molecular weight excluding hydrogens is 234 g/mol. The summed E-state index contributed by atoms with van der Waals surface area (Å²) in [4.78, 5) is 2.27. The van der Waals surface area contributed by atoms with Crippen molar-refractivity contribution in [2.75, 3.05) is 18.0 Å². The average Bonchev–Trinajstić information content (AvgIpc) is 2.38. The van der Waals surface area contributed by atoms with Crippen LogP contribution in [-0.2, 0) is 5.41 Å². The third-order valence-corrected chi connectivity index (χ3v) is 3.80. The molecule has 2 N–H and O–H groups in total. The fourth-order valence-electron chi connectivity index (χ4n) is 2.76. The lowest BCUT2D eigenvalue weighted by atomic mass is 9.84. The predicted molar refractivity (Wildman–Crippen MR) is 79.1 cm³/mol. The van der Waals surface area contributed by atoms with E-state index in [1.165, 1.54) is 11.3 Å². The van der Waals surface area contributed by atoms with Gasteiger partial charge in [0, 0.05) is 18.8 Å². The summed E-state index contributed by atoms with van der Waals surface area (Å²) in [5.41, 5.74) is 8.07. The van der Waals surface area contributed by atoms with Crippen molar-refractivity contribution in [2.24, 2.45) is 5.73 Å². The van der Waals surface area contributed by atoms with Gasteiger partial charge in [0.2, 0.25) is 0 Å². The van der Waals surface area contributed by atoms with Crippen molar-refractivity contribution < 1.29 is 0 Å². The van der Waals surface area contributed by atoms with Gasteiger partial charge in [0.25, 0.3) is 0 Å². The monoisotopic (exact) mass is 257 g/mol. The van der Waals surface area contributed by atoms with E-state index in [4.69, 9.17) is 5.73 Å². The summed E-state index contributed by atoms with van der Waals surface area (Å²) in [6.07, 6.45) is 1.76. The van der Waals surface area contributed by atoms with Gasteiger partial charge in [0.15, 0.2) is 0 Å². The first-order valence-corrected chi connectivity index (χ1v) is 6.90. The highest BCUT2D eigenvalue weighted by molar-refractivity contribution is 5.57. The standard InChI is InChI=1S/C16H23N3/c1-15(2,3)13-7-4-5-8-14(13)19-10-6-9-16(18,11-17)12-19/h4-5,7-8H,6,9-10,12,18H2,1-3H3. The van der Waals surface area contributed by atoms with Crippen molar-refractivity contribution in [2.45, 2.75) is 44.6 Å². The summed E-state index contributed by atoms with van der Waals surface area (Å²) in [7, 11) is 0. The van der Waals surface area contributed by atoms with E-state index in [0.29, 0.717) is 6.54 Å². The maximum absolute atomic E-state index is 9.24. The zero-order valence-electron chi connectivity index (χ0n) is 12.1. The number of hydrogen-bond donors (Lipinski definition) is 1. The Morgan fingerprint density at radius 2 is 2.00 bits per heavy atom. The van der Waals surface area contributed by atoms with Crippen LogP contribution >= 0.6 is 0 Å². The van der Waals surface area contributed by atoms with Crippen LogP contribution in [0, 0.1) is 11.3 Å². The summed E-state index contributed by atoms with van der Waals surface area (Å²) < 4.78 is 0. The minimum absolute atomic E-state index is 0.0952. The second kappa shape index (κ2) is 4.86. The van der Waals surface area contributed by atoms with Crippen LogP contribution < -0.4 is 10.6 Å². The minimum atomic E-state index is -0.705. The first-order chi connectivity index (χ1) is 8.86. The van der Waals surface area contributed by atoms with Crippen LogP contribution in [0.5, 0.6) is 0 Å². The molecule has 1 aliphatic rings. The average molecular weight is 257 g/mol. The fraction of sp³-hybridized carbons (Fsp3) is 0.562. The Morgan fingerprint density at radius 1 is 1.32 bits per heavy atom. The Bertz CT molecular complexity index is 495. The van der Waals surface area contributed by atoms with E-state index in [-0.39, 0.29) is 5.41 Å². The van der Waals surface area contributed by atoms with Gasteiger partial charge in [0.05, 0.1) is 6.07 Å². The second-order valence-electron chi connectivity index (χ2n) is 6.56. The Balaban J connectivity index is 2.35. The molecule has 1 unspecified atom stereocenters. The van der Waals surface area contributed by atoms with Crippen molar-refractivity contribution in [1.82, 2.24) is 0 Å². The summed E-state index contributed by atoms with van der Waals surface area (Å²) in [5, 5.41) is 9.24. The molecule has 0 aromatic heterocycles. The molecule has 0 saturated carbocycles. The molecule has 1 atom stereocenters. The van der Waals surface area contributed by atoms with Crippen LogP contribution in [0.25, 0.3) is 0 Å². The van der Waals surface area contributed by atoms with E-state index in [9.17, 15) is 5.26 Å². The fourth-order valence-corrected chi connectivity index (χ4v) is 2.76. The molecule has 19 heavy (non-hydrogen) atoms. The van der Waals surface area contributed by atoms with Crippen molar-refractivity contribution in [3.63, 3.8) is 0 Å². The van der Waals surface area contributed by atoms with Gasteiger partial charge in [-0.2, -0.15) is 5.26 Å². The molecular formula is C16H23N3. The molecule has 1 aliphatic heterocycles. The highest BCUT2D eigenvalue weighted by Crippen LogP contribution is 2.34. The zero-order valence-corrected chi connectivity index (χ0v) is 12.1. The maximum atomic E-state index is 9.24.